The molecule has 1 N–H and O–H groups in total. The van der Waals surface area contributed by atoms with Crippen LogP contribution in [-0.4, -0.2) is 53.5 Å². The van der Waals surface area contributed by atoms with Gasteiger partial charge in [-0.15, -0.1) is 0 Å². The Kier molecular flexibility index (Phi) is 4.44. The third-order valence-electron chi connectivity index (χ3n) is 4.71. The van der Waals surface area contributed by atoms with Crippen molar-refractivity contribution in [2.24, 2.45) is 5.92 Å². The van der Waals surface area contributed by atoms with Crippen LogP contribution in [0.15, 0.2) is 24.3 Å². The Labute approximate surface area is 126 Å². The number of carbonyl (C=O) groups is 1. The molecule has 2 aliphatic rings. The van der Waals surface area contributed by atoms with Crippen molar-refractivity contribution in [1.82, 2.24) is 9.80 Å². The molecule has 1 aromatic carbocycles. The molecule has 1 aromatic rings. The van der Waals surface area contributed by atoms with Gasteiger partial charge in [0, 0.05) is 25.2 Å². The van der Waals surface area contributed by atoms with Gasteiger partial charge in [0.15, 0.2) is 0 Å². The van der Waals surface area contributed by atoms with E-state index in [-0.39, 0.29) is 11.7 Å². The third-order valence-corrected chi connectivity index (χ3v) is 4.71. The third kappa shape index (κ3) is 3.56. The number of phenolic OH excluding ortho intramolecular Hbond substituents is 1. The van der Waals surface area contributed by atoms with E-state index in [1.54, 1.807) is 24.3 Å². The molecule has 2 aliphatic heterocycles. The summed E-state index contributed by atoms with van der Waals surface area (Å²) in [5.74, 6) is 0.937. The Morgan fingerprint density at radius 3 is 2.52 bits per heavy atom. The summed E-state index contributed by atoms with van der Waals surface area (Å²) in [6.45, 7) is 5.39. The maximum atomic E-state index is 12.4. The van der Waals surface area contributed by atoms with E-state index < -0.39 is 0 Å². The van der Waals surface area contributed by atoms with Gasteiger partial charge < -0.3 is 14.9 Å². The van der Waals surface area contributed by atoms with Crippen molar-refractivity contribution in [3.8, 4) is 5.75 Å². The molecule has 4 heteroatoms. The van der Waals surface area contributed by atoms with Gasteiger partial charge in [-0.2, -0.15) is 0 Å². The minimum atomic E-state index is 0.0468. The number of nitrogens with zero attached hydrogens (tertiary/aromatic N) is 2. The summed E-state index contributed by atoms with van der Waals surface area (Å²) in [5, 5.41) is 9.49. The maximum Gasteiger partial charge on any atom is 0.253 e. The largest absolute Gasteiger partial charge is 0.508 e. The first-order valence-electron chi connectivity index (χ1n) is 8.03. The van der Waals surface area contributed by atoms with Gasteiger partial charge in [-0.3, -0.25) is 4.79 Å². The van der Waals surface area contributed by atoms with Crippen molar-refractivity contribution in [3.63, 3.8) is 0 Å². The van der Waals surface area contributed by atoms with E-state index in [9.17, 15) is 9.90 Å². The predicted octanol–water partition coefficient (Wildman–Crippen LogP) is 2.34. The van der Waals surface area contributed by atoms with Gasteiger partial charge in [0.05, 0.1) is 0 Å². The lowest BCUT2D eigenvalue weighted by Gasteiger charge is -2.34. The molecule has 2 heterocycles. The maximum absolute atomic E-state index is 12.4. The minimum absolute atomic E-state index is 0.0468. The zero-order chi connectivity index (χ0) is 14.7. The molecule has 0 aliphatic carbocycles. The Balaban J connectivity index is 1.52. The van der Waals surface area contributed by atoms with E-state index >= 15 is 0 Å². The quantitative estimate of drug-likeness (QED) is 0.928. The van der Waals surface area contributed by atoms with Gasteiger partial charge in [-0.25, -0.2) is 0 Å². The first kappa shape index (κ1) is 14.4. The van der Waals surface area contributed by atoms with Crippen LogP contribution in [0, 0.1) is 5.92 Å². The van der Waals surface area contributed by atoms with Crippen molar-refractivity contribution in [2.45, 2.75) is 25.7 Å². The number of likely N-dealkylation sites (tertiary alicyclic amines) is 2. The van der Waals surface area contributed by atoms with Gasteiger partial charge in [-0.1, -0.05) is 6.07 Å². The second-order valence-corrected chi connectivity index (χ2v) is 6.29. The topological polar surface area (TPSA) is 43.8 Å². The Morgan fingerprint density at radius 1 is 1.14 bits per heavy atom. The van der Waals surface area contributed by atoms with Crippen molar-refractivity contribution >= 4 is 5.91 Å². The van der Waals surface area contributed by atoms with Crippen LogP contribution in [0.4, 0.5) is 0 Å². The van der Waals surface area contributed by atoms with Crippen molar-refractivity contribution < 1.29 is 9.90 Å². The molecule has 0 spiro atoms. The molecule has 2 saturated heterocycles. The SMILES string of the molecule is O=C(c1cccc(O)c1)N1CCC(CN2CCCC2)CC1. The molecule has 0 atom stereocenters. The summed E-state index contributed by atoms with van der Waals surface area (Å²) < 4.78 is 0. The number of benzene rings is 1. The molecular weight excluding hydrogens is 264 g/mol. The van der Waals surface area contributed by atoms with Crippen LogP contribution < -0.4 is 0 Å². The van der Waals surface area contributed by atoms with Gasteiger partial charge in [-0.05, 0) is 62.9 Å². The fourth-order valence-corrected chi connectivity index (χ4v) is 3.47. The number of phenols is 1. The molecule has 0 bridgehead atoms. The summed E-state index contributed by atoms with van der Waals surface area (Å²) in [7, 11) is 0. The number of carbonyl (C=O) groups excluding carboxylic acids is 1. The van der Waals surface area contributed by atoms with Crippen molar-refractivity contribution in [1.29, 1.82) is 0 Å². The molecule has 21 heavy (non-hydrogen) atoms. The summed E-state index contributed by atoms with van der Waals surface area (Å²) in [5.41, 5.74) is 0.591. The van der Waals surface area contributed by atoms with Crippen molar-refractivity contribution in [3.05, 3.63) is 29.8 Å². The van der Waals surface area contributed by atoms with E-state index in [4.69, 9.17) is 0 Å². The molecular formula is C17H24N2O2. The van der Waals surface area contributed by atoms with Crippen LogP contribution in [0.1, 0.15) is 36.0 Å². The standard InChI is InChI=1S/C17H24N2O2/c20-16-5-3-4-15(12-16)17(21)19-10-6-14(7-11-19)13-18-8-1-2-9-18/h3-5,12,14,20H,1-2,6-11,13H2. The molecule has 0 aromatic heterocycles. The van der Waals surface area contributed by atoms with Crippen LogP contribution in [0.2, 0.25) is 0 Å². The lowest BCUT2D eigenvalue weighted by atomic mass is 9.95. The number of hydrogen-bond donors (Lipinski definition) is 1. The van der Waals surface area contributed by atoms with E-state index in [2.05, 4.69) is 4.90 Å². The Morgan fingerprint density at radius 2 is 1.86 bits per heavy atom. The minimum Gasteiger partial charge on any atom is -0.508 e. The molecule has 4 nitrogen and oxygen atoms in total. The van der Waals surface area contributed by atoms with Crippen molar-refractivity contribution in [2.75, 3.05) is 32.7 Å². The fraction of sp³-hybridized carbons (Fsp3) is 0.588. The molecule has 0 saturated carbocycles. The first-order valence-corrected chi connectivity index (χ1v) is 8.03. The average Bonchev–Trinajstić information content (AvgIpc) is 3.00. The highest BCUT2D eigenvalue weighted by Gasteiger charge is 2.25. The van der Waals surface area contributed by atoms with Gasteiger partial charge in [0.25, 0.3) is 5.91 Å². The van der Waals surface area contributed by atoms with Crippen LogP contribution in [0.3, 0.4) is 0 Å². The lowest BCUT2D eigenvalue weighted by molar-refractivity contribution is 0.0672. The summed E-state index contributed by atoms with van der Waals surface area (Å²) >= 11 is 0. The molecule has 3 rings (SSSR count). The molecule has 1 amide bonds. The fourth-order valence-electron chi connectivity index (χ4n) is 3.47. The molecule has 0 unspecified atom stereocenters. The van der Waals surface area contributed by atoms with E-state index in [0.29, 0.717) is 5.56 Å². The number of hydrogen-bond acceptors (Lipinski definition) is 3. The number of rotatable bonds is 3. The zero-order valence-corrected chi connectivity index (χ0v) is 12.5. The molecule has 2 fully saturated rings. The average molecular weight is 288 g/mol. The van der Waals surface area contributed by atoms with Crippen LogP contribution in [0.25, 0.3) is 0 Å². The Hall–Kier alpha value is -1.55. The molecule has 114 valence electrons. The predicted molar refractivity (Wildman–Crippen MR) is 82.4 cm³/mol. The van der Waals surface area contributed by atoms with Crippen LogP contribution >= 0.6 is 0 Å². The number of amides is 1. The normalized spacial score (nSPS) is 20.9. The number of piperidine rings is 1. The van der Waals surface area contributed by atoms with Crippen LogP contribution in [0.5, 0.6) is 5.75 Å². The van der Waals surface area contributed by atoms with E-state index in [1.807, 2.05) is 4.90 Å². The highest BCUT2D eigenvalue weighted by molar-refractivity contribution is 5.94. The van der Waals surface area contributed by atoms with E-state index in [0.717, 1.165) is 31.8 Å². The van der Waals surface area contributed by atoms with Crippen LogP contribution in [-0.2, 0) is 0 Å². The number of aromatic hydroxyl groups is 1. The Bertz CT molecular complexity index is 489. The second kappa shape index (κ2) is 6.48. The summed E-state index contributed by atoms with van der Waals surface area (Å²) in [6, 6.07) is 6.65. The zero-order valence-electron chi connectivity index (χ0n) is 12.5. The van der Waals surface area contributed by atoms with Gasteiger partial charge >= 0.3 is 0 Å². The van der Waals surface area contributed by atoms with E-state index in [1.165, 1.54) is 32.5 Å². The smallest absolute Gasteiger partial charge is 0.253 e. The highest BCUT2D eigenvalue weighted by atomic mass is 16.3. The summed E-state index contributed by atoms with van der Waals surface area (Å²) in [6.07, 6.45) is 4.88. The first-order chi connectivity index (χ1) is 10.2. The molecule has 0 radical (unpaired) electrons. The monoisotopic (exact) mass is 288 g/mol. The van der Waals surface area contributed by atoms with Gasteiger partial charge in [0.2, 0.25) is 0 Å². The highest BCUT2D eigenvalue weighted by Crippen LogP contribution is 2.22. The summed E-state index contributed by atoms with van der Waals surface area (Å²) in [4.78, 5) is 16.9. The second-order valence-electron chi connectivity index (χ2n) is 6.29. The lowest BCUT2D eigenvalue weighted by Crippen LogP contribution is -2.41. The van der Waals surface area contributed by atoms with Gasteiger partial charge in [0.1, 0.15) is 5.75 Å².